The Labute approximate surface area is 144 Å². The summed E-state index contributed by atoms with van der Waals surface area (Å²) in [5.41, 5.74) is 0.616. The molecule has 0 aliphatic heterocycles. The SMILES string of the molecule is Cc1ccccc1OCCN(C)CC(=O)Nc1ccc(F)c(F)c1F. The van der Waals surface area contributed by atoms with E-state index in [9.17, 15) is 18.0 Å². The average molecular weight is 352 g/mol. The second-order valence-corrected chi connectivity index (χ2v) is 5.62. The number of benzene rings is 2. The Hall–Kier alpha value is -2.54. The third-order valence-corrected chi connectivity index (χ3v) is 3.55. The van der Waals surface area contributed by atoms with Crippen LogP contribution < -0.4 is 10.1 Å². The van der Waals surface area contributed by atoms with Crippen molar-refractivity contribution in [2.24, 2.45) is 0 Å². The van der Waals surface area contributed by atoms with Crippen LogP contribution in [-0.2, 0) is 4.79 Å². The number of halogens is 3. The Balaban J connectivity index is 1.80. The molecule has 25 heavy (non-hydrogen) atoms. The maximum atomic E-state index is 13.5. The minimum Gasteiger partial charge on any atom is -0.492 e. The average Bonchev–Trinajstić information content (AvgIpc) is 2.57. The lowest BCUT2D eigenvalue weighted by atomic mass is 10.2. The first kappa shape index (κ1) is 18.8. The third kappa shape index (κ3) is 5.22. The van der Waals surface area contributed by atoms with E-state index in [0.29, 0.717) is 13.2 Å². The van der Waals surface area contributed by atoms with E-state index in [-0.39, 0.29) is 6.54 Å². The molecular formula is C18H19F3N2O2. The van der Waals surface area contributed by atoms with Gasteiger partial charge < -0.3 is 10.1 Å². The highest BCUT2D eigenvalue weighted by Gasteiger charge is 2.16. The molecule has 0 saturated heterocycles. The number of carbonyl (C=O) groups excluding carboxylic acids is 1. The zero-order valence-corrected chi connectivity index (χ0v) is 14.0. The van der Waals surface area contributed by atoms with Gasteiger partial charge in [-0.3, -0.25) is 9.69 Å². The molecule has 7 heteroatoms. The van der Waals surface area contributed by atoms with Crippen LogP contribution in [0.4, 0.5) is 18.9 Å². The highest BCUT2D eigenvalue weighted by Crippen LogP contribution is 2.19. The molecule has 0 aromatic heterocycles. The number of carbonyl (C=O) groups is 1. The lowest BCUT2D eigenvalue weighted by molar-refractivity contribution is -0.117. The summed E-state index contributed by atoms with van der Waals surface area (Å²) >= 11 is 0. The van der Waals surface area contributed by atoms with Gasteiger partial charge in [0.1, 0.15) is 12.4 Å². The van der Waals surface area contributed by atoms with Crippen LogP contribution in [0.1, 0.15) is 5.56 Å². The normalized spacial score (nSPS) is 10.8. The molecule has 0 saturated carbocycles. The van der Waals surface area contributed by atoms with Gasteiger partial charge in [0.25, 0.3) is 0 Å². The van der Waals surface area contributed by atoms with E-state index < -0.39 is 29.0 Å². The topological polar surface area (TPSA) is 41.6 Å². The van der Waals surface area contributed by atoms with Crippen LogP contribution in [0.3, 0.4) is 0 Å². The van der Waals surface area contributed by atoms with Gasteiger partial charge in [-0.1, -0.05) is 18.2 Å². The van der Waals surface area contributed by atoms with Gasteiger partial charge in [0.05, 0.1) is 12.2 Å². The number of nitrogens with zero attached hydrogens (tertiary/aromatic N) is 1. The predicted molar refractivity (Wildman–Crippen MR) is 89.1 cm³/mol. The number of anilines is 1. The van der Waals surface area contributed by atoms with Crippen molar-refractivity contribution in [3.8, 4) is 5.75 Å². The predicted octanol–water partition coefficient (Wildman–Crippen LogP) is 3.36. The largest absolute Gasteiger partial charge is 0.492 e. The van der Waals surface area contributed by atoms with Crippen LogP contribution in [0.15, 0.2) is 36.4 Å². The van der Waals surface area contributed by atoms with Crippen molar-refractivity contribution in [2.45, 2.75) is 6.92 Å². The fraction of sp³-hybridized carbons (Fsp3) is 0.278. The Morgan fingerprint density at radius 2 is 1.84 bits per heavy atom. The Morgan fingerprint density at radius 1 is 1.12 bits per heavy atom. The number of rotatable bonds is 7. The molecule has 0 spiro atoms. The Morgan fingerprint density at radius 3 is 2.56 bits per heavy atom. The minimum absolute atomic E-state index is 0.0461. The summed E-state index contributed by atoms with van der Waals surface area (Å²) in [6.45, 7) is 2.72. The molecule has 0 radical (unpaired) electrons. The van der Waals surface area contributed by atoms with E-state index in [1.807, 2.05) is 31.2 Å². The van der Waals surface area contributed by atoms with Gasteiger partial charge in [-0.05, 0) is 37.7 Å². The van der Waals surface area contributed by atoms with Crippen molar-refractivity contribution in [2.75, 3.05) is 32.1 Å². The smallest absolute Gasteiger partial charge is 0.238 e. The molecule has 2 aromatic carbocycles. The molecular weight excluding hydrogens is 333 g/mol. The van der Waals surface area contributed by atoms with Crippen molar-refractivity contribution in [3.63, 3.8) is 0 Å². The van der Waals surface area contributed by atoms with E-state index in [2.05, 4.69) is 5.32 Å². The molecule has 0 atom stereocenters. The molecule has 1 amide bonds. The zero-order valence-electron chi connectivity index (χ0n) is 14.0. The lowest BCUT2D eigenvalue weighted by Gasteiger charge is -2.17. The van der Waals surface area contributed by atoms with E-state index in [1.165, 1.54) is 0 Å². The number of aryl methyl sites for hydroxylation is 1. The number of likely N-dealkylation sites (N-methyl/N-ethyl adjacent to an activating group) is 1. The summed E-state index contributed by atoms with van der Waals surface area (Å²) in [6, 6.07) is 9.31. The summed E-state index contributed by atoms with van der Waals surface area (Å²) in [6.07, 6.45) is 0. The van der Waals surface area contributed by atoms with Crippen LogP contribution in [0.5, 0.6) is 5.75 Å². The molecule has 134 valence electrons. The molecule has 4 nitrogen and oxygen atoms in total. The first-order valence-corrected chi connectivity index (χ1v) is 7.69. The fourth-order valence-corrected chi connectivity index (χ4v) is 2.17. The molecule has 2 aromatic rings. The van der Waals surface area contributed by atoms with Gasteiger partial charge in [0.2, 0.25) is 5.91 Å². The van der Waals surface area contributed by atoms with E-state index >= 15 is 0 Å². The summed E-state index contributed by atoms with van der Waals surface area (Å²) in [7, 11) is 1.70. The lowest BCUT2D eigenvalue weighted by Crippen LogP contribution is -2.33. The van der Waals surface area contributed by atoms with E-state index in [1.54, 1.807) is 11.9 Å². The number of hydrogen-bond donors (Lipinski definition) is 1. The van der Waals surface area contributed by atoms with Crippen molar-refractivity contribution in [1.29, 1.82) is 0 Å². The monoisotopic (exact) mass is 352 g/mol. The number of ether oxygens (including phenoxy) is 1. The van der Waals surface area contributed by atoms with Crippen LogP contribution >= 0.6 is 0 Å². The molecule has 2 rings (SSSR count). The summed E-state index contributed by atoms with van der Waals surface area (Å²) in [5.74, 6) is -4.11. The summed E-state index contributed by atoms with van der Waals surface area (Å²) in [4.78, 5) is 13.6. The first-order chi connectivity index (χ1) is 11.9. The zero-order chi connectivity index (χ0) is 18.4. The van der Waals surface area contributed by atoms with Gasteiger partial charge in [-0.2, -0.15) is 0 Å². The number of hydrogen-bond acceptors (Lipinski definition) is 3. The molecule has 1 N–H and O–H groups in total. The van der Waals surface area contributed by atoms with Crippen molar-refractivity contribution in [3.05, 3.63) is 59.4 Å². The quantitative estimate of drug-likeness (QED) is 0.777. The van der Waals surface area contributed by atoms with E-state index in [4.69, 9.17) is 4.74 Å². The van der Waals surface area contributed by atoms with Gasteiger partial charge in [0.15, 0.2) is 17.5 Å². The Bertz CT molecular complexity index is 753. The second-order valence-electron chi connectivity index (χ2n) is 5.62. The molecule has 0 aliphatic rings. The van der Waals surface area contributed by atoms with Crippen molar-refractivity contribution >= 4 is 11.6 Å². The van der Waals surface area contributed by atoms with Crippen LogP contribution in [0, 0.1) is 24.4 Å². The summed E-state index contributed by atoms with van der Waals surface area (Å²) < 4.78 is 45.2. The Kier molecular flexibility index (Phi) is 6.41. The molecule has 0 aliphatic carbocycles. The highest BCUT2D eigenvalue weighted by molar-refractivity contribution is 5.92. The summed E-state index contributed by atoms with van der Waals surface area (Å²) in [5, 5.41) is 2.22. The maximum absolute atomic E-state index is 13.5. The van der Waals surface area contributed by atoms with Crippen molar-refractivity contribution in [1.82, 2.24) is 4.90 Å². The molecule has 0 heterocycles. The minimum atomic E-state index is -1.61. The fourth-order valence-electron chi connectivity index (χ4n) is 2.17. The standard InChI is InChI=1S/C18H19F3N2O2/c1-12-5-3-4-6-15(12)25-10-9-23(2)11-16(24)22-14-8-7-13(19)17(20)18(14)21/h3-8H,9-11H2,1-2H3,(H,22,24). The van der Waals surface area contributed by atoms with Crippen LogP contribution in [-0.4, -0.2) is 37.6 Å². The first-order valence-electron chi connectivity index (χ1n) is 7.69. The van der Waals surface area contributed by atoms with E-state index in [0.717, 1.165) is 23.4 Å². The molecule has 0 unspecified atom stereocenters. The third-order valence-electron chi connectivity index (χ3n) is 3.55. The molecule has 0 fully saturated rings. The van der Waals surface area contributed by atoms with Gasteiger partial charge in [0, 0.05) is 6.54 Å². The number of para-hydroxylation sites is 1. The maximum Gasteiger partial charge on any atom is 0.238 e. The van der Waals surface area contributed by atoms with Gasteiger partial charge in [-0.15, -0.1) is 0 Å². The van der Waals surface area contributed by atoms with Gasteiger partial charge in [-0.25, -0.2) is 13.2 Å². The second kappa shape index (κ2) is 8.53. The van der Waals surface area contributed by atoms with Crippen LogP contribution in [0.2, 0.25) is 0 Å². The van der Waals surface area contributed by atoms with Crippen LogP contribution in [0.25, 0.3) is 0 Å². The van der Waals surface area contributed by atoms with Crippen molar-refractivity contribution < 1.29 is 22.7 Å². The van der Waals surface area contributed by atoms with Gasteiger partial charge >= 0.3 is 0 Å². The highest BCUT2D eigenvalue weighted by atomic mass is 19.2. The number of amides is 1. The molecule has 0 bridgehead atoms. The number of nitrogens with one attached hydrogen (secondary N) is 1.